The molecule has 0 saturated heterocycles. The van der Waals surface area contributed by atoms with Gasteiger partial charge in [0.2, 0.25) is 0 Å². The number of aromatic nitrogens is 2. The topological polar surface area (TPSA) is 43.8 Å². The fourth-order valence-electron chi connectivity index (χ4n) is 1.34. The van der Waals surface area contributed by atoms with Crippen LogP contribution < -0.4 is 5.73 Å². The van der Waals surface area contributed by atoms with E-state index in [1.54, 1.807) is 29.1 Å². The monoisotopic (exact) mass is 191 g/mol. The number of hydrogen-bond acceptors (Lipinski definition) is 2. The summed E-state index contributed by atoms with van der Waals surface area (Å²) in [7, 11) is 1.82. The van der Waals surface area contributed by atoms with Crippen molar-refractivity contribution in [2.75, 3.05) is 5.73 Å². The van der Waals surface area contributed by atoms with E-state index < -0.39 is 0 Å². The number of aryl methyl sites for hydroxylation is 1. The molecule has 4 heteroatoms. The van der Waals surface area contributed by atoms with Crippen LogP contribution in [0.4, 0.5) is 10.1 Å². The molecule has 0 bridgehead atoms. The zero-order chi connectivity index (χ0) is 10.1. The fourth-order valence-corrected chi connectivity index (χ4v) is 1.34. The highest BCUT2D eigenvalue weighted by Crippen LogP contribution is 2.22. The van der Waals surface area contributed by atoms with E-state index in [0.717, 1.165) is 0 Å². The van der Waals surface area contributed by atoms with Gasteiger partial charge in [-0.2, -0.15) is 0 Å². The lowest BCUT2D eigenvalue weighted by Crippen LogP contribution is -1.95. The van der Waals surface area contributed by atoms with E-state index in [1.807, 2.05) is 7.05 Å². The Bertz CT molecular complexity index is 462. The number of imidazole rings is 1. The molecule has 0 radical (unpaired) electrons. The van der Waals surface area contributed by atoms with Crippen molar-refractivity contribution in [1.29, 1.82) is 0 Å². The van der Waals surface area contributed by atoms with E-state index in [1.165, 1.54) is 6.07 Å². The average molecular weight is 191 g/mol. The standard InChI is InChI=1S/C10H10FN3/c1-14-5-4-13-10(14)8-3-2-7(12)6-9(8)11/h2-6H,12H2,1H3. The number of hydrogen-bond donors (Lipinski definition) is 1. The van der Waals surface area contributed by atoms with Gasteiger partial charge in [-0.25, -0.2) is 9.37 Å². The Morgan fingerprint density at radius 3 is 2.79 bits per heavy atom. The molecule has 0 aliphatic carbocycles. The van der Waals surface area contributed by atoms with Gasteiger partial charge in [0.25, 0.3) is 0 Å². The van der Waals surface area contributed by atoms with Crippen molar-refractivity contribution in [3.63, 3.8) is 0 Å². The summed E-state index contributed by atoms with van der Waals surface area (Å²) in [4.78, 5) is 4.06. The third-order valence-corrected chi connectivity index (χ3v) is 2.06. The first-order valence-corrected chi connectivity index (χ1v) is 4.21. The number of nitrogens with two attached hydrogens (primary N) is 1. The Labute approximate surface area is 81.0 Å². The van der Waals surface area contributed by atoms with Gasteiger partial charge in [0.15, 0.2) is 0 Å². The molecule has 0 unspecified atom stereocenters. The number of nitrogen functional groups attached to an aromatic ring is 1. The van der Waals surface area contributed by atoms with E-state index in [9.17, 15) is 4.39 Å². The van der Waals surface area contributed by atoms with Crippen molar-refractivity contribution in [3.05, 3.63) is 36.4 Å². The summed E-state index contributed by atoms with van der Waals surface area (Å²) in [5.41, 5.74) is 6.33. The van der Waals surface area contributed by atoms with Crippen LogP contribution in [0.5, 0.6) is 0 Å². The molecule has 2 rings (SSSR count). The summed E-state index contributed by atoms with van der Waals surface area (Å²) in [5.74, 6) is 0.252. The molecule has 1 aromatic heterocycles. The normalized spacial score (nSPS) is 10.4. The van der Waals surface area contributed by atoms with Gasteiger partial charge >= 0.3 is 0 Å². The molecule has 1 heterocycles. The third kappa shape index (κ3) is 1.35. The molecule has 0 spiro atoms. The quantitative estimate of drug-likeness (QED) is 0.698. The van der Waals surface area contributed by atoms with Crippen LogP contribution in [-0.4, -0.2) is 9.55 Å². The Morgan fingerprint density at radius 2 is 2.21 bits per heavy atom. The van der Waals surface area contributed by atoms with E-state index in [0.29, 0.717) is 17.1 Å². The van der Waals surface area contributed by atoms with Crippen LogP contribution in [0.2, 0.25) is 0 Å². The van der Waals surface area contributed by atoms with Gasteiger partial charge in [-0.1, -0.05) is 0 Å². The van der Waals surface area contributed by atoms with E-state index in [2.05, 4.69) is 4.98 Å². The maximum Gasteiger partial charge on any atom is 0.142 e. The molecule has 3 nitrogen and oxygen atoms in total. The highest BCUT2D eigenvalue weighted by molar-refractivity contribution is 5.60. The second-order valence-electron chi connectivity index (χ2n) is 3.10. The number of benzene rings is 1. The predicted molar refractivity (Wildman–Crippen MR) is 53.0 cm³/mol. The molecule has 0 fully saturated rings. The molecule has 0 aliphatic rings. The smallest absolute Gasteiger partial charge is 0.142 e. The average Bonchev–Trinajstić information content (AvgIpc) is 2.52. The molecular formula is C10H10FN3. The molecular weight excluding hydrogens is 181 g/mol. The van der Waals surface area contributed by atoms with Crippen molar-refractivity contribution in [1.82, 2.24) is 9.55 Å². The molecule has 0 atom stereocenters. The molecule has 1 aromatic carbocycles. The Morgan fingerprint density at radius 1 is 1.43 bits per heavy atom. The lowest BCUT2D eigenvalue weighted by molar-refractivity contribution is 0.629. The van der Waals surface area contributed by atoms with Crippen LogP contribution in [0.15, 0.2) is 30.6 Å². The molecule has 0 saturated carbocycles. The van der Waals surface area contributed by atoms with Gasteiger partial charge in [0, 0.05) is 25.1 Å². The number of halogens is 1. The Balaban J connectivity index is 2.58. The molecule has 14 heavy (non-hydrogen) atoms. The van der Waals surface area contributed by atoms with Gasteiger partial charge in [-0.15, -0.1) is 0 Å². The molecule has 2 aromatic rings. The predicted octanol–water partition coefficient (Wildman–Crippen LogP) is 1.81. The SMILES string of the molecule is Cn1ccnc1-c1ccc(N)cc1F. The van der Waals surface area contributed by atoms with Crippen LogP contribution >= 0.6 is 0 Å². The first-order chi connectivity index (χ1) is 6.68. The van der Waals surface area contributed by atoms with Crippen molar-refractivity contribution in [3.8, 4) is 11.4 Å². The summed E-state index contributed by atoms with van der Waals surface area (Å²) in [6.45, 7) is 0. The second kappa shape index (κ2) is 3.14. The van der Waals surface area contributed by atoms with Crippen LogP contribution in [0, 0.1) is 5.82 Å². The minimum Gasteiger partial charge on any atom is -0.399 e. The largest absolute Gasteiger partial charge is 0.399 e. The van der Waals surface area contributed by atoms with E-state index in [4.69, 9.17) is 5.73 Å². The minimum absolute atomic E-state index is 0.348. The first-order valence-electron chi connectivity index (χ1n) is 4.21. The van der Waals surface area contributed by atoms with Crippen molar-refractivity contribution < 1.29 is 4.39 Å². The zero-order valence-electron chi connectivity index (χ0n) is 7.74. The van der Waals surface area contributed by atoms with Crippen molar-refractivity contribution in [2.45, 2.75) is 0 Å². The van der Waals surface area contributed by atoms with Gasteiger partial charge in [-0.05, 0) is 18.2 Å². The molecule has 0 aliphatic heterocycles. The second-order valence-corrected chi connectivity index (χ2v) is 3.10. The van der Waals surface area contributed by atoms with Gasteiger partial charge in [0.1, 0.15) is 11.6 Å². The molecule has 2 N–H and O–H groups in total. The summed E-state index contributed by atoms with van der Waals surface area (Å²) in [6, 6.07) is 4.59. The molecule has 72 valence electrons. The lowest BCUT2D eigenvalue weighted by Gasteiger charge is -2.03. The van der Waals surface area contributed by atoms with Crippen LogP contribution in [0.25, 0.3) is 11.4 Å². The number of anilines is 1. The van der Waals surface area contributed by atoms with Crippen molar-refractivity contribution >= 4 is 5.69 Å². The highest BCUT2D eigenvalue weighted by atomic mass is 19.1. The van der Waals surface area contributed by atoms with Crippen LogP contribution in [0.3, 0.4) is 0 Å². The van der Waals surface area contributed by atoms with Crippen molar-refractivity contribution in [2.24, 2.45) is 7.05 Å². The summed E-state index contributed by atoms with van der Waals surface area (Å²) in [6.07, 6.45) is 3.40. The third-order valence-electron chi connectivity index (χ3n) is 2.06. The maximum atomic E-state index is 13.5. The zero-order valence-corrected chi connectivity index (χ0v) is 7.74. The van der Waals surface area contributed by atoms with Gasteiger partial charge < -0.3 is 10.3 Å². The lowest BCUT2D eigenvalue weighted by atomic mass is 10.2. The fraction of sp³-hybridized carbons (Fsp3) is 0.100. The number of nitrogens with zero attached hydrogens (tertiary/aromatic N) is 2. The Kier molecular flexibility index (Phi) is 1.96. The minimum atomic E-state index is -0.348. The van der Waals surface area contributed by atoms with Crippen LogP contribution in [0.1, 0.15) is 0 Å². The van der Waals surface area contributed by atoms with Crippen LogP contribution in [-0.2, 0) is 7.05 Å². The van der Waals surface area contributed by atoms with Gasteiger partial charge in [-0.3, -0.25) is 0 Å². The summed E-state index contributed by atoms with van der Waals surface area (Å²) >= 11 is 0. The summed E-state index contributed by atoms with van der Waals surface area (Å²) < 4.78 is 15.2. The van der Waals surface area contributed by atoms with E-state index in [-0.39, 0.29) is 5.82 Å². The summed E-state index contributed by atoms with van der Waals surface area (Å²) in [5, 5.41) is 0. The maximum absolute atomic E-state index is 13.5. The van der Waals surface area contributed by atoms with E-state index >= 15 is 0 Å². The first kappa shape index (κ1) is 8.74. The van der Waals surface area contributed by atoms with Gasteiger partial charge in [0.05, 0.1) is 5.56 Å². The highest BCUT2D eigenvalue weighted by Gasteiger charge is 2.08. The molecule has 0 amide bonds. The number of rotatable bonds is 1. The Hall–Kier alpha value is -1.84.